The van der Waals surface area contributed by atoms with Gasteiger partial charge >= 0.3 is 0 Å². The zero-order chi connectivity index (χ0) is 15.1. The fourth-order valence-electron chi connectivity index (χ4n) is 2.06. The van der Waals surface area contributed by atoms with Crippen LogP contribution in [0.1, 0.15) is 23.6 Å². The third-order valence-electron chi connectivity index (χ3n) is 3.04. The van der Waals surface area contributed by atoms with Gasteiger partial charge in [0.2, 0.25) is 5.91 Å². The molecule has 108 valence electrons. The standard InChI is InChI=1S/C16H17N3O2/c17-14(19-21)11-15(20)18-16(12-7-3-1-4-8-12)13-9-5-2-6-10-13/h1-10,16,21H,11H2,(H2,17,19)(H,18,20). The van der Waals surface area contributed by atoms with E-state index < -0.39 is 0 Å². The molecule has 1 amide bonds. The van der Waals surface area contributed by atoms with Crippen LogP contribution in [0.15, 0.2) is 65.8 Å². The van der Waals surface area contributed by atoms with Gasteiger partial charge < -0.3 is 16.3 Å². The number of benzene rings is 2. The molecule has 0 bridgehead atoms. The molecular formula is C16H17N3O2. The molecule has 0 heterocycles. The molecule has 0 radical (unpaired) electrons. The monoisotopic (exact) mass is 283 g/mol. The zero-order valence-electron chi connectivity index (χ0n) is 11.4. The molecule has 4 N–H and O–H groups in total. The number of nitrogens with two attached hydrogens (primary N) is 1. The van der Waals surface area contributed by atoms with Crippen molar-refractivity contribution in [2.75, 3.05) is 0 Å². The van der Waals surface area contributed by atoms with Crippen LogP contribution in [0.5, 0.6) is 0 Å². The summed E-state index contributed by atoms with van der Waals surface area (Å²) in [6, 6.07) is 19.0. The maximum atomic E-state index is 12.0. The smallest absolute Gasteiger partial charge is 0.228 e. The molecular weight excluding hydrogens is 266 g/mol. The first-order valence-corrected chi connectivity index (χ1v) is 6.56. The largest absolute Gasteiger partial charge is 0.409 e. The van der Waals surface area contributed by atoms with E-state index in [1.165, 1.54) is 0 Å². The average Bonchev–Trinajstić information content (AvgIpc) is 2.54. The van der Waals surface area contributed by atoms with E-state index in [4.69, 9.17) is 10.9 Å². The highest BCUT2D eigenvalue weighted by molar-refractivity contribution is 5.98. The number of rotatable bonds is 5. The lowest BCUT2D eigenvalue weighted by Gasteiger charge is -2.19. The van der Waals surface area contributed by atoms with E-state index in [1.54, 1.807) is 0 Å². The van der Waals surface area contributed by atoms with Crippen LogP contribution in [0.25, 0.3) is 0 Å². The Morgan fingerprint density at radius 2 is 1.52 bits per heavy atom. The maximum Gasteiger partial charge on any atom is 0.228 e. The summed E-state index contributed by atoms with van der Waals surface area (Å²) in [6.45, 7) is 0. The molecule has 0 aliphatic heterocycles. The second-order valence-corrected chi connectivity index (χ2v) is 4.59. The van der Waals surface area contributed by atoms with E-state index in [0.717, 1.165) is 11.1 Å². The highest BCUT2D eigenvalue weighted by atomic mass is 16.4. The van der Waals surface area contributed by atoms with Crippen LogP contribution in [-0.4, -0.2) is 17.0 Å². The van der Waals surface area contributed by atoms with Crippen LogP contribution < -0.4 is 11.1 Å². The molecule has 0 saturated carbocycles. The zero-order valence-corrected chi connectivity index (χ0v) is 11.4. The lowest BCUT2D eigenvalue weighted by atomic mass is 9.98. The number of carbonyl (C=O) groups is 1. The lowest BCUT2D eigenvalue weighted by molar-refractivity contribution is -0.120. The molecule has 0 atom stereocenters. The van der Waals surface area contributed by atoms with Crippen LogP contribution in [0, 0.1) is 0 Å². The predicted molar refractivity (Wildman–Crippen MR) is 80.9 cm³/mol. The highest BCUT2D eigenvalue weighted by Crippen LogP contribution is 2.21. The van der Waals surface area contributed by atoms with Crippen LogP contribution in [-0.2, 0) is 4.79 Å². The SMILES string of the molecule is N/C(CC(=O)NC(c1ccccc1)c1ccccc1)=N\O. The first kappa shape index (κ1) is 14.6. The van der Waals surface area contributed by atoms with E-state index in [9.17, 15) is 4.79 Å². The van der Waals surface area contributed by atoms with Crippen LogP contribution in [0.4, 0.5) is 0 Å². The van der Waals surface area contributed by atoms with Crippen LogP contribution in [0.3, 0.4) is 0 Å². The first-order valence-electron chi connectivity index (χ1n) is 6.56. The normalized spacial score (nSPS) is 11.4. The quantitative estimate of drug-likeness (QED) is 0.339. The van der Waals surface area contributed by atoms with Crippen molar-refractivity contribution >= 4 is 11.7 Å². The van der Waals surface area contributed by atoms with Gasteiger partial charge in [-0.05, 0) is 11.1 Å². The molecule has 2 aromatic carbocycles. The van der Waals surface area contributed by atoms with Gasteiger partial charge in [-0.15, -0.1) is 0 Å². The molecule has 0 aliphatic carbocycles. The molecule has 21 heavy (non-hydrogen) atoms. The molecule has 5 heteroatoms. The Morgan fingerprint density at radius 1 is 1.05 bits per heavy atom. The Morgan fingerprint density at radius 3 is 1.95 bits per heavy atom. The molecule has 0 spiro atoms. The topological polar surface area (TPSA) is 87.7 Å². The van der Waals surface area contributed by atoms with Crippen molar-refractivity contribution in [2.24, 2.45) is 10.9 Å². The van der Waals surface area contributed by atoms with E-state index in [2.05, 4.69) is 10.5 Å². The number of amidine groups is 1. The van der Waals surface area contributed by atoms with E-state index in [1.807, 2.05) is 60.7 Å². The summed E-state index contributed by atoms with van der Waals surface area (Å²) >= 11 is 0. The second-order valence-electron chi connectivity index (χ2n) is 4.59. The fraction of sp³-hybridized carbons (Fsp3) is 0.125. The van der Waals surface area contributed by atoms with Gasteiger partial charge in [-0.3, -0.25) is 4.79 Å². The minimum atomic E-state index is -0.303. The van der Waals surface area contributed by atoms with Crippen molar-refractivity contribution < 1.29 is 10.0 Å². The number of hydrogen-bond acceptors (Lipinski definition) is 3. The Labute approximate surface area is 123 Å². The number of oxime groups is 1. The average molecular weight is 283 g/mol. The molecule has 5 nitrogen and oxygen atoms in total. The Balaban J connectivity index is 2.23. The van der Waals surface area contributed by atoms with Gasteiger partial charge in [0.05, 0.1) is 12.5 Å². The third kappa shape index (κ3) is 4.07. The van der Waals surface area contributed by atoms with Crippen molar-refractivity contribution in [3.8, 4) is 0 Å². The van der Waals surface area contributed by atoms with Gasteiger partial charge in [-0.25, -0.2) is 0 Å². The Hall–Kier alpha value is -2.82. The summed E-state index contributed by atoms with van der Waals surface area (Å²) in [4.78, 5) is 12.0. The van der Waals surface area contributed by atoms with E-state index >= 15 is 0 Å². The van der Waals surface area contributed by atoms with Crippen molar-refractivity contribution in [2.45, 2.75) is 12.5 Å². The van der Waals surface area contributed by atoms with Crippen LogP contribution in [0.2, 0.25) is 0 Å². The molecule has 0 fully saturated rings. The molecule has 0 saturated heterocycles. The van der Waals surface area contributed by atoms with Gasteiger partial charge in [-0.1, -0.05) is 65.8 Å². The maximum absolute atomic E-state index is 12.0. The molecule has 2 rings (SSSR count). The van der Waals surface area contributed by atoms with Gasteiger partial charge in [0, 0.05) is 0 Å². The summed E-state index contributed by atoms with van der Waals surface area (Å²) in [5, 5.41) is 14.3. The molecule has 0 aromatic heterocycles. The van der Waals surface area contributed by atoms with Gasteiger partial charge in [0.1, 0.15) is 5.84 Å². The summed E-state index contributed by atoms with van der Waals surface area (Å²) in [6.07, 6.45) is -0.146. The number of nitrogens with one attached hydrogen (secondary N) is 1. The Kier molecular flexibility index (Phi) is 4.93. The summed E-state index contributed by atoms with van der Waals surface area (Å²) in [7, 11) is 0. The van der Waals surface area contributed by atoms with Crippen molar-refractivity contribution in [1.82, 2.24) is 5.32 Å². The first-order chi connectivity index (χ1) is 10.2. The molecule has 0 aliphatic rings. The van der Waals surface area contributed by atoms with E-state index in [-0.39, 0.29) is 24.2 Å². The van der Waals surface area contributed by atoms with Crippen molar-refractivity contribution in [1.29, 1.82) is 0 Å². The van der Waals surface area contributed by atoms with Gasteiger partial charge in [-0.2, -0.15) is 0 Å². The minimum Gasteiger partial charge on any atom is -0.409 e. The van der Waals surface area contributed by atoms with Crippen LogP contribution >= 0.6 is 0 Å². The molecule has 0 unspecified atom stereocenters. The fourth-order valence-corrected chi connectivity index (χ4v) is 2.06. The minimum absolute atomic E-state index is 0.118. The van der Waals surface area contributed by atoms with Gasteiger partial charge in [0.25, 0.3) is 0 Å². The van der Waals surface area contributed by atoms with Crippen molar-refractivity contribution in [3.05, 3.63) is 71.8 Å². The van der Waals surface area contributed by atoms with Crippen molar-refractivity contribution in [3.63, 3.8) is 0 Å². The third-order valence-corrected chi connectivity index (χ3v) is 3.04. The second kappa shape index (κ2) is 7.09. The predicted octanol–water partition coefficient (Wildman–Crippen LogP) is 2.03. The van der Waals surface area contributed by atoms with Gasteiger partial charge in [0.15, 0.2) is 0 Å². The summed E-state index contributed by atoms with van der Waals surface area (Å²) < 4.78 is 0. The Bertz CT molecular complexity index is 572. The number of hydrogen-bond donors (Lipinski definition) is 3. The summed E-state index contributed by atoms with van der Waals surface area (Å²) in [5.41, 5.74) is 7.30. The van der Waals surface area contributed by atoms with E-state index in [0.29, 0.717) is 0 Å². The number of nitrogens with zero attached hydrogens (tertiary/aromatic N) is 1. The number of amides is 1. The highest BCUT2D eigenvalue weighted by Gasteiger charge is 2.17. The summed E-state index contributed by atoms with van der Waals surface area (Å²) in [5.74, 6) is -0.421. The lowest BCUT2D eigenvalue weighted by Crippen LogP contribution is -2.32. The number of carbonyl (C=O) groups excluding carboxylic acids is 1. The molecule has 2 aromatic rings.